The van der Waals surface area contributed by atoms with Crippen LogP contribution in [0.3, 0.4) is 0 Å². The molecule has 0 aliphatic heterocycles. The van der Waals surface area contributed by atoms with Crippen LogP contribution in [0.5, 0.6) is 0 Å². The highest BCUT2D eigenvalue weighted by Crippen LogP contribution is 2.17. The molecule has 2 aromatic rings. The fourth-order valence-corrected chi connectivity index (χ4v) is 2.28. The summed E-state index contributed by atoms with van der Waals surface area (Å²) in [6.07, 6.45) is -0.533. The summed E-state index contributed by atoms with van der Waals surface area (Å²) in [4.78, 5) is 11.2. The van der Waals surface area contributed by atoms with Crippen molar-refractivity contribution >= 4 is 5.97 Å². The molecule has 0 fully saturated rings. The Kier molecular flexibility index (Phi) is 6.37. The lowest BCUT2D eigenvalue weighted by atomic mass is 10.0. The van der Waals surface area contributed by atoms with Gasteiger partial charge in [0, 0.05) is 6.07 Å². The van der Waals surface area contributed by atoms with E-state index in [0.717, 1.165) is 11.6 Å². The van der Waals surface area contributed by atoms with Crippen LogP contribution in [-0.4, -0.2) is 17.2 Å². The predicted octanol–water partition coefficient (Wildman–Crippen LogP) is 4.10. The van der Waals surface area contributed by atoms with Crippen molar-refractivity contribution in [3.8, 4) is 0 Å². The maximum Gasteiger partial charge on any atom is 0.332 e. The lowest BCUT2D eigenvalue weighted by Gasteiger charge is -2.14. The van der Waals surface area contributed by atoms with Gasteiger partial charge in [-0.05, 0) is 36.5 Å². The Morgan fingerprint density at radius 3 is 2.38 bits per heavy atom. The summed E-state index contributed by atoms with van der Waals surface area (Å²) in [6.45, 7) is 0.150. The number of carboxylic acids is 1. The van der Waals surface area contributed by atoms with Crippen LogP contribution in [0.15, 0.2) is 42.5 Å². The van der Waals surface area contributed by atoms with Crippen molar-refractivity contribution in [2.75, 3.05) is 0 Å². The largest absolute Gasteiger partial charge is 0.479 e. The number of carbonyl (C=O) groups is 1. The highest BCUT2D eigenvalue weighted by Gasteiger charge is 2.18. The van der Waals surface area contributed by atoms with E-state index >= 15 is 0 Å². The summed E-state index contributed by atoms with van der Waals surface area (Å²) < 4.78 is 44.9. The van der Waals surface area contributed by atoms with Crippen molar-refractivity contribution in [2.24, 2.45) is 0 Å². The highest BCUT2D eigenvalue weighted by molar-refractivity contribution is 5.72. The van der Waals surface area contributed by atoms with Crippen molar-refractivity contribution in [3.05, 3.63) is 71.0 Å². The number of rotatable bonds is 8. The third kappa shape index (κ3) is 5.09. The second-order valence-electron chi connectivity index (χ2n) is 5.37. The van der Waals surface area contributed by atoms with Crippen LogP contribution in [0, 0.1) is 17.5 Å². The molecule has 0 saturated carbocycles. The average Bonchev–Trinajstić information content (AvgIpc) is 2.55. The lowest BCUT2D eigenvalue weighted by molar-refractivity contribution is -0.151. The smallest absolute Gasteiger partial charge is 0.332 e. The minimum atomic E-state index is -1.24. The molecule has 0 heterocycles. The van der Waals surface area contributed by atoms with E-state index in [-0.39, 0.29) is 31.4 Å². The Morgan fingerprint density at radius 1 is 1.04 bits per heavy atom. The molecule has 0 aromatic heterocycles. The van der Waals surface area contributed by atoms with Gasteiger partial charge in [0.1, 0.15) is 5.82 Å². The van der Waals surface area contributed by atoms with E-state index in [4.69, 9.17) is 4.74 Å². The van der Waals surface area contributed by atoms with E-state index in [1.807, 2.05) is 30.3 Å². The molecule has 0 saturated heterocycles. The zero-order valence-electron chi connectivity index (χ0n) is 12.8. The number of hydrogen-bond donors (Lipinski definition) is 1. The maximum atomic E-state index is 13.5. The molecule has 2 aromatic carbocycles. The molecule has 0 aliphatic carbocycles. The number of ether oxygens (including phenoxy) is 1. The molecule has 128 valence electrons. The zero-order valence-corrected chi connectivity index (χ0v) is 12.8. The molecule has 6 heteroatoms. The van der Waals surface area contributed by atoms with E-state index in [1.54, 1.807) is 0 Å². The van der Waals surface area contributed by atoms with E-state index in [2.05, 4.69) is 0 Å². The number of aryl methyl sites for hydroxylation is 1. The normalized spacial score (nSPS) is 12.1. The van der Waals surface area contributed by atoms with Crippen molar-refractivity contribution < 1.29 is 27.8 Å². The SMILES string of the molecule is O=C(O)C(CCCc1cc(F)c(F)cc1F)OCc1ccccc1. The van der Waals surface area contributed by atoms with Gasteiger partial charge in [-0.2, -0.15) is 0 Å². The summed E-state index contributed by atoms with van der Waals surface area (Å²) in [5.41, 5.74) is 0.858. The van der Waals surface area contributed by atoms with E-state index in [0.29, 0.717) is 6.07 Å². The predicted molar refractivity (Wildman–Crippen MR) is 81.9 cm³/mol. The van der Waals surface area contributed by atoms with Crippen LogP contribution in [0.1, 0.15) is 24.0 Å². The fraction of sp³-hybridized carbons (Fsp3) is 0.278. The summed E-state index contributed by atoms with van der Waals surface area (Å²) in [5.74, 6) is -4.32. The van der Waals surface area contributed by atoms with Crippen LogP contribution < -0.4 is 0 Å². The van der Waals surface area contributed by atoms with Gasteiger partial charge in [0.25, 0.3) is 0 Å². The van der Waals surface area contributed by atoms with Gasteiger partial charge in [0.05, 0.1) is 6.61 Å². The molecule has 0 radical (unpaired) electrons. The average molecular weight is 338 g/mol. The minimum Gasteiger partial charge on any atom is -0.479 e. The Hall–Kier alpha value is -2.34. The fourth-order valence-electron chi connectivity index (χ4n) is 2.28. The monoisotopic (exact) mass is 338 g/mol. The summed E-state index contributed by atoms with van der Waals surface area (Å²) in [5, 5.41) is 9.17. The third-order valence-electron chi connectivity index (χ3n) is 3.57. The third-order valence-corrected chi connectivity index (χ3v) is 3.57. The molecule has 0 amide bonds. The van der Waals surface area contributed by atoms with Gasteiger partial charge in [-0.1, -0.05) is 30.3 Å². The van der Waals surface area contributed by atoms with Gasteiger partial charge in [-0.15, -0.1) is 0 Å². The molecular formula is C18H17F3O3. The number of carboxylic acid groups (broad SMARTS) is 1. The molecule has 1 unspecified atom stereocenters. The Morgan fingerprint density at radius 2 is 1.71 bits per heavy atom. The van der Waals surface area contributed by atoms with Crippen LogP contribution in [-0.2, 0) is 22.6 Å². The van der Waals surface area contributed by atoms with Crippen LogP contribution in [0.2, 0.25) is 0 Å². The second kappa shape index (κ2) is 8.49. The Bertz CT molecular complexity index is 689. The Labute approximate surface area is 137 Å². The van der Waals surface area contributed by atoms with Crippen LogP contribution >= 0.6 is 0 Å². The van der Waals surface area contributed by atoms with Gasteiger partial charge >= 0.3 is 5.97 Å². The molecule has 1 atom stereocenters. The molecule has 1 N–H and O–H groups in total. The molecule has 0 spiro atoms. The van der Waals surface area contributed by atoms with E-state index in [9.17, 15) is 23.1 Å². The number of aliphatic carboxylic acids is 1. The first-order valence-electron chi connectivity index (χ1n) is 7.49. The minimum absolute atomic E-state index is 0.0149. The Balaban J connectivity index is 1.88. The molecule has 3 nitrogen and oxygen atoms in total. The van der Waals surface area contributed by atoms with Crippen LogP contribution in [0.25, 0.3) is 0 Å². The van der Waals surface area contributed by atoms with Gasteiger partial charge < -0.3 is 9.84 Å². The summed E-state index contributed by atoms with van der Waals surface area (Å²) >= 11 is 0. The lowest BCUT2D eigenvalue weighted by Crippen LogP contribution is -2.24. The molecule has 24 heavy (non-hydrogen) atoms. The summed E-state index contributed by atoms with van der Waals surface area (Å²) in [6, 6.07) is 10.4. The molecule has 0 bridgehead atoms. The van der Waals surface area contributed by atoms with Gasteiger partial charge in [-0.3, -0.25) is 0 Å². The summed E-state index contributed by atoms with van der Waals surface area (Å²) in [7, 11) is 0. The van der Waals surface area contributed by atoms with Gasteiger partial charge in [-0.25, -0.2) is 18.0 Å². The molecule has 0 aliphatic rings. The topological polar surface area (TPSA) is 46.5 Å². The van der Waals surface area contributed by atoms with Gasteiger partial charge in [0.2, 0.25) is 0 Å². The first-order valence-corrected chi connectivity index (χ1v) is 7.49. The van der Waals surface area contributed by atoms with Crippen molar-refractivity contribution in [1.82, 2.24) is 0 Å². The van der Waals surface area contributed by atoms with Gasteiger partial charge in [0.15, 0.2) is 17.7 Å². The van der Waals surface area contributed by atoms with Crippen LogP contribution in [0.4, 0.5) is 13.2 Å². The quantitative estimate of drug-likeness (QED) is 0.737. The maximum absolute atomic E-state index is 13.5. The number of halogens is 3. The molecular weight excluding hydrogens is 321 g/mol. The van der Waals surface area contributed by atoms with Crippen molar-refractivity contribution in [1.29, 1.82) is 0 Å². The van der Waals surface area contributed by atoms with E-state index < -0.39 is 29.5 Å². The number of hydrogen-bond acceptors (Lipinski definition) is 2. The van der Waals surface area contributed by atoms with E-state index in [1.165, 1.54) is 0 Å². The molecule has 2 rings (SSSR count). The highest BCUT2D eigenvalue weighted by atomic mass is 19.2. The second-order valence-corrected chi connectivity index (χ2v) is 5.37. The first-order chi connectivity index (χ1) is 11.5. The van der Waals surface area contributed by atoms with Crippen molar-refractivity contribution in [3.63, 3.8) is 0 Å². The standard InChI is InChI=1S/C18H17F3O3/c19-14-10-16(21)15(20)9-13(14)7-4-8-17(18(22)23)24-11-12-5-2-1-3-6-12/h1-3,5-6,9-10,17H,4,7-8,11H2,(H,22,23). The van der Waals surface area contributed by atoms with Crippen molar-refractivity contribution in [2.45, 2.75) is 32.0 Å². The zero-order chi connectivity index (χ0) is 17.5. The number of benzene rings is 2. The first kappa shape index (κ1) is 18.0.